The van der Waals surface area contributed by atoms with Crippen molar-refractivity contribution in [3.8, 4) is 0 Å². The Hall–Kier alpha value is -1.13. The summed E-state index contributed by atoms with van der Waals surface area (Å²) in [6, 6.07) is 3.96. The van der Waals surface area contributed by atoms with Crippen molar-refractivity contribution in [1.29, 1.82) is 0 Å². The second-order valence-corrected chi connectivity index (χ2v) is 5.85. The number of hydrogen-bond acceptors (Lipinski definition) is 2. The van der Waals surface area contributed by atoms with Crippen LogP contribution in [0.3, 0.4) is 0 Å². The van der Waals surface area contributed by atoms with Crippen LogP contribution in [0.2, 0.25) is 5.02 Å². The number of halogens is 2. The van der Waals surface area contributed by atoms with Crippen LogP contribution in [0, 0.1) is 11.2 Å². The second kappa shape index (κ2) is 6.87. The number of nitrogens with one attached hydrogen (secondary N) is 1. The van der Waals surface area contributed by atoms with Crippen molar-refractivity contribution >= 4 is 23.2 Å². The van der Waals surface area contributed by atoms with E-state index < -0.39 is 5.82 Å². The SMILES string of the molecule is CC(C)(CCN)CCC(=O)Nc1cc(F)cc(Cl)c1. The normalized spacial score (nSPS) is 11.4. The number of benzene rings is 1. The number of hydrogen-bond donors (Lipinski definition) is 2. The van der Waals surface area contributed by atoms with Gasteiger partial charge in [0, 0.05) is 17.1 Å². The number of anilines is 1. The summed E-state index contributed by atoms with van der Waals surface area (Å²) < 4.78 is 13.1. The van der Waals surface area contributed by atoms with E-state index in [1.165, 1.54) is 18.2 Å². The van der Waals surface area contributed by atoms with Crippen LogP contribution in [-0.4, -0.2) is 12.5 Å². The van der Waals surface area contributed by atoms with E-state index in [4.69, 9.17) is 17.3 Å². The van der Waals surface area contributed by atoms with E-state index in [2.05, 4.69) is 19.2 Å². The van der Waals surface area contributed by atoms with Crippen molar-refractivity contribution in [3.63, 3.8) is 0 Å². The first kappa shape index (κ1) is 15.9. The van der Waals surface area contributed by atoms with E-state index >= 15 is 0 Å². The molecule has 0 bridgehead atoms. The molecule has 0 aromatic heterocycles. The molecule has 0 heterocycles. The molecule has 0 unspecified atom stereocenters. The van der Waals surface area contributed by atoms with E-state index in [1.54, 1.807) is 0 Å². The fraction of sp³-hybridized carbons (Fsp3) is 0.500. The van der Waals surface area contributed by atoms with Gasteiger partial charge in [-0.3, -0.25) is 4.79 Å². The highest BCUT2D eigenvalue weighted by atomic mass is 35.5. The van der Waals surface area contributed by atoms with Gasteiger partial charge in [0.1, 0.15) is 5.82 Å². The molecule has 0 atom stereocenters. The Balaban J connectivity index is 2.51. The maximum Gasteiger partial charge on any atom is 0.224 e. The Morgan fingerprint density at radius 1 is 1.37 bits per heavy atom. The highest BCUT2D eigenvalue weighted by Gasteiger charge is 2.18. The van der Waals surface area contributed by atoms with Gasteiger partial charge in [0.05, 0.1) is 0 Å². The molecule has 3 nitrogen and oxygen atoms in total. The summed E-state index contributed by atoms with van der Waals surface area (Å²) in [6.07, 6.45) is 1.98. The third-order valence-electron chi connectivity index (χ3n) is 3.00. The Morgan fingerprint density at radius 2 is 2.05 bits per heavy atom. The highest BCUT2D eigenvalue weighted by Crippen LogP contribution is 2.26. The first-order valence-corrected chi connectivity index (χ1v) is 6.66. The Morgan fingerprint density at radius 3 is 2.63 bits per heavy atom. The predicted octanol–water partition coefficient (Wildman–Crippen LogP) is 3.57. The zero-order valence-corrected chi connectivity index (χ0v) is 12.1. The van der Waals surface area contributed by atoms with Crippen LogP contribution >= 0.6 is 11.6 Å². The van der Waals surface area contributed by atoms with E-state index in [-0.39, 0.29) is 16.3 Å². The monoisotopic (exact) mass is 286 g/mol. The van der Waals surface area contributed by atoms with Crippen molar-refractivity contribution in [2.75, 3.05) is 11.9 Å². The average molecular weight is 287 g/mol. The van der Waals surface area contributed by atoms with Crippen molar-refractivity contribution < 1.29 is 9.18 Å². The summed E-state index contributed by atoms with van der Waals surface area (Å²) in [5, 5.41) is 2.91. The number of carbonyl (C=O) groups is 1. The third kappa shape index (κ3) is 6.03. The number of nitrogens with two attached hydrogens (primary N) is 1. The average Bonchev–Trinajstić information content (AvgIpc) is 2.25. The molecule has 0 saturated heterocycles. The van der Waals surface area contributed by atoms with E-state index in [9.17, 15) is 9.18 Å². The van der Waals surface area contributed by atoms with Crippen LogP contribution in [0.4, 0.5) is 10.1 Å². The van der Waals surface area contributed by atoms with Gasteiger partial charge in [0.25, 0.3) is 0 Å². The molecule has 0 aliphatic heterocycles. The van der Waals surface area contributed by atoms with Gasteiger partial charge in [-0.25, -0.2) is 4.39 Å². The summed E-state index contributed by atoms with van der Waals surface area (Å²) in [6.45, 7) is 4.76. The lowest BCUT2D eigenvalue weighted by atomic mass is 9.84. The largest absolute Gasteiger partial charge is 0.330 e. The molecule has 0 saturated carbocycles. The summed E-state index contributed by atoms with van der Waals surface area (Å²) in [5.74, 6) is -0.613. The van der Waals surface area contributed by atoms with Gasteiger partial charge in [-0.15, -0.1) is 0 Å². The van der Waals surface area contributed by atoms with E-state index in [1.807, 2.05) is 0 Å². The van der Waals surface area contributed by atoms with Gasteiger partial charge in [-0.2, -0.15) is 0 Å². The van der Waals surface area contributed by atoms with Crippen molar-refractivity contribution in [3.05, 3.63) is 29.0 Å². The molecule has 0 spiro atoms. The quantitative estimate of drug-likeness (QED) is 0.840. The summed E-state index contributed by atoms with van der Waals surface area (Å²) in [7, 11) is 0. The standard InChI is InChI=1S/C14H20ClFN2O/c1-14(2,5-6-17)4-3-13(19)18-12-8-10(15)7-11(16)9-12/h7-9H,3-6,17H2,1-2H3,(H,18,19). The minimum Gasteiger partial charge on any atom is -0.330 e. The van der Waals surface area contributed by atoms with Crippen molar-refractivity contribution in [1.82, 2.24) is 0 Å². The fourth-order valence-electron chi connectivity index (χ4n) is 1.82. The van der Waals surface area contributed by atoms with Gasteiger partial charge in [-0.1, -0.05) is 25.4 Å². The third-order valence-corrected chi connectivity index (χ3v) is 3.21. The van der Waals surface area contributed by atoms with Crippen molar-refractivity contribution in [2.24, 2.45) is 11.1 Å². The van der Waals surface area contributed by atoms with Crippen molar-refractivity contribution in [2.45, 2.75) is 33.1 Å². The molecule has 1 aromatic rings. The predicted molar refractivity (Wildman–Crippen MR) is 76.7 cm³/mol. The molecule has 1 amide bonds. The second-order valence-electron chi connectivity index (χ2n) is 5.41. The van der Waals surface area contributed by atoms with Gasteiger partial charge < -0.3 is 11.1 Å². The lowest BCUT2D eigenvalue weighted by molar-refractivity contribution is -0.116. The maximum atomic E-state index is 13.1. The van der Waals surface area contributed by atoms with Gasteiger partial charge in [-0.05, 0) is 43.0 Å². The van der Waals surface area contributed by atoms with E-state index in [0.29, 0.717) is 18.7 Å². The molecule has 3 N–H and O–H groups in total. The lowest BCUT2D eigenvalue weighted by Gasteiger charge is -2.23. The number of amides is 1. The summed E-state index contributed by atoms with van der Waals surface area (Å²) in [4.78, 5) is 11.8. The molecular formula is C14H20ClFN2O. The molecule has 106 valence electrons. The minimum absolute atomic E-state index is 0.0334. The lowest BCUT2D eigenvalue weighted by Crippen LogP contribution is -2.20. The zero-order valence-electron chi connectivity index (χ0n) is 11.3. The molecule has 19 heavy (non-hydrogen) atoms. The van der Waals surface area contributed by atoms with Crippen LogP contribution in [0.5, 0.6) is 0 Å². The van der Waals surface area contributed by atoms with Crippen LogP contribution in [0.25, 0.3) is 0 Å². The van der Waals surface area contributed by atoms with E-state index in [0.717, 1.165) is 12.8 Å². The van der Waals surface area contributed by atoms with Crippen LogP contribution in [-0.2, 0) is 4.79 Å². The molecule has 5 heteroatoms. The maximum absolute atomic E-state index is 13.1. The summed E-state index contributed by atoms with van der Waals surface area (Å²) >= 11 is 5.72. The van der Waals surface area contributed by atoms with Crippen LogP contribution < -0.4 is 11.1 Å². The first-order valence-electron chi connectivity index (χ1n) is 6.28. The van der Waals surface area contributed by atoms with Gasteiger partial charge >= 0.3 is 0 Å². The topological polar surface area (TPSA) is 55.1 Å². The highest BCUT2D eigenvalue weighted by molar-refractivity contribution is 6.30. The number of carbonyl (C=O) groups excluding carboxylic acids is 1. The molecule has 0 aliphatic rings. The Labute approximate surface area is 118 Å². The molecule has 1 rings (SSSR count). The van der Waals surface area contributed by atoms with Gasteiger partial charge in [0.2, 0.25) is 5.91 Å². The molecule has 0 aliphatic carbocycles. The van der Waals surface area contributed by atoms with Gasteiger partial charge in [0.15, 0.2) is 0 Å². The summed E-state index contributed by atoms with van der Waals surface area (Å²) in [5.41, 5.74) is 5.94. The first-order chi connectivity index (χ1) is 8.82. The molecular weight excluding hydrogens is 267 g/mol. The minimum atomic E-state index is -0.466. The Kier molecular flexibility index (Phi) is 5.76. The Bertz CT molecular complexity index is 429. The fourth-order valence-corrected chi connectivity index (χ4v) is 2.04. The smallest absolute Gasteiger partial charge is 0.224 e. The van der Waals surface area contributed by atoms with Crippen LogP contribution in [0.15, 0.2) is 18.2 Å². The molecule has 0 radical (unpaired) electrons. The molecule has 1 aromatic carbocycles. The zero-order chi connectivity index (χ0) is 14.5. The van der Waals surface area contributed by atoms with Crippen LogP contribution in [0.1, 0.15) is 33.1 Å². The number of rotatable bonds is 6. The molecule has 0 fully saturated rings.